The van der Waals surface area contributed by atoms with Crippen LogP contribution in [0.3, 0.4) is 0 Å². The molecular weight excluding hydrogens is 318 g/mol. The molecule has 0 aliphatic carbocycles. The summed E-state index contributed by atoms with van der Waals surface area (Å²) in [5.74, 6) is -0.0223. The quantitative estimate of drug-likeness (QED) is 0.489. The first-order valence-corrected chi connectivity index (χ1v) is 7.81. The molecule has 0 aromatic heterocycles. The van der Waals surface area contributed by atoms with Crippen LogP contribution in [0, 0.1) is 13.8 Å². The monoisotopic (exact) mass is 335 g/mol. The number of benzene rings is 2. The highest BCUT2D eigenvalue weighted by molar-refractivity contribution is 6.12. The van der Waals surface area contributed by atoms with Gasteiger partial charge in [-0.05, 0) is 60.9 Å². The molecule has 25 heavy (non-hydrogen) atoms. The molecule has 5 nitrogen and oxygen atoms in total. The van der Waals surface area contributed by atoms with E-state index in [4.69, 9.17) is 9.47 Å². The fourth-order valence-corrected chi connectivity index (χ4v) is 2.64. The minimum Gasteiger partial charge on any atom is -0.426 e. The molecule has 0 saturated heterocycles. The first-order chi connectivity index (χ1) is 11.9. The summed E-state index contributed by atoms with van der Waals surface area (Å²) >= 11 is 0. The fourth-order valence-electron chi connectivity index (χ4n) is 2.64. The van der Waals surface area contributed by atoms with Crippen LogP contribution in [0.4, 0.5) is 0 Å². The van der Waals surface area contributed by atoms with Gasteiger partial charge in [0.1, 0.15) is 5.75 Å². The van der Waals surface area contributed by atoms with Gasteiger partial charge in [-0.25, -0.2) is 9.79 Å². The van der Waals surface area contributed by atoms with Gasteiger partial charge in [-0.2, -0.15) is 0 Å². The molecule has 0 amide bonds. The first-order valence-electron chi connectivity index (χ1n) is 7.81. The van der Waals surface area contributed by atoms with E-state index < -0.39 is 5.97 Å². The van der Waals surface area contributed by atoms with Crippen molar-refractivity contribution in [2.24, 2.45) is 4.99 Å². The van der Waals surface area contributed by atoms with Crippen molar-refractivity contribution < 1.29 is 19.1 Å². The Morgan fingerprint density at radius 1 is 1.12 bits per heavy atom. The summed E-state index contributed by atoms with van der Waals surface area (Å²) in [6.45, 7) is 5.06. The number of aryl methyl sites for hydroxylation is 2. The third-order valence-electron chi connectivity index (χ3n) is 3.67. The number of aliphatic imine (C=N–C) groups is 1. The number of rotatable bonds is 3. The zero-order valence-corrected chi connectivity index (χ0v) is 14.2. The molecule has 3 rings (SSSR count). The van der Waals surface area contributed by atoms with Crippen molar-refractivity contribution in [1.29, 1.82) is 0 Å². The Morgan fingerprint density at radius 3 is 2.36 bits per heavy atom. The van der Waals surface area contributed by atoms with Crippen molar-refractivity contribution in [3.05, 3.63) is 70.4 Å². The lowest BCUT2D eigenvalue weighted by atomic mass is 10.0. The molecule has 0 atom stereocenters. The van der Waals surface area contributed by atoms with Crippen LogP contribution in [0.1, 0.15) is 29.2 Å². The lowest BCUT2D eigenvalue weighted by molar-refractivity contribution is -0.132. The van der Waals surface area contributed by atoms with Gasteiger partial charge in [-0.15, -0.1) is 0 Å². The van der Waals surface area contributed by atoms with Gasteiger partial charge in [-0.1, -0.05) is 18.2 Å². The molecule has 5 heteroatoms. The van der Waals surface area contributed by atoms with E-state index in [0.29, 0.717) is 11.6 Å². The number of ether oxygens (including phenoxy) is 2. The van der Waals surface area contributed by atoms with Gasteiger partial charge in [-0.3, -0.25) is 4.79 Å². The number of esters is 2. The molecule has 1 heterocycles. The van der Waals surface area contributed by atoms with Crippen molar-refractivity contribution in [2.45, 2.75) is 20.8 Å². The van der Waals surface area contributed by atoms with Crippen LogP contribution in [-0.2, 0) is 14.3 Å². The van der Waals surface area contributed by atoms with Gasteiger partial charge in [0, 0.05) is 12.5 Å². The van der Waals surface area contributed by atoms with E-state index in [0.717, 1.165) is 22.3 Å². The molecule has 126 valence electrons. The van der Waals surface area contributed by atoms with E-state index in [1.54, 1.807) is 6.08 Å². The van der Waals surface area contributed by atoms with Gasteiger partial charge in [0.2, 0.25) is 5.90 Å². The van der Waals surface area contributed by atoms with Crippen LogP contribution in [0.2, 0.25) is 0 Å². The van der Waals surface area contributed by atoms with Crippen LogP contribution in [0.5, 0.6) is 5.75 Å². The Balaban J connectivity index is 1.94. The highest BCUT2D eigenvalue weighted by Gasteiger charge is 2.24. The number of carbonyl (C=O) groups is 2. The Labute approximate surface area is 145 Å². The highest BCUT2D eigenvalue weighted by Crippen LogP contribution is 2.27. The second-order valence-electron chi connectivity index (χ2n) is 5.78. The van der Waals surface area contributed by atoms with Crippen molar-refractivity contribution in [3.63, 3.8) is 0 Å². The van der Waals surface area contributed by atoms with E-state index in [-0.39, 0.29) is 11.7 Å². The zero-order chi connectivity index (χ0) is 18.0. The molecule has 0 saturated carbocycles. The Kier molecular flexibility index (Phi) is 4.48. The lowest BCUT2D eigenvalue weighted by Crippen LogP contribution is -2.05. The van der Waals surface area contributed by atoms with E-state index in [1.807, 2.05) is 56.3 Å². The maximum atomic E-state index is 12.1. The zero-order valence-electron chi connectivity index (χ0n) is 14.2. The van der Waals surface area contributed by atoms with E-state index in [9.17, 15) is 9.59 Å². The van der Waals surface area contributed by atoms with Gasteiger partial charge < -0.3 is 9.47 Å². The normalized spacial score (nSPS) is 15.1. The summed E-state index contributed by atoms with van der Waals surface area (Å²) in [6.07, 6.45) is 1.66. The fraction of sp³-hybridized carbons (Fsp3) is 0.150. The molecular formula is C20H17NO4. The molecule has 2 aromatic carbocycles. The Morgan fingerprint density at radius 2 is 1.76 bits per heavy atom. The minimum absolute atomic E-state index is 0.234. The SMILES string of the molecule is CC(=O)Oc1c(C)cc(/C=C2\N=C(c3ccccc3)OC2=O)cc1C. The van der Waals surface area contributed by atoms with Crippen LogP contribution in [0.25, 0.3) is 6.08 Å². The third kappa shape index (κ3) is 3.66. The van der Waals surface area contributed by atoms with E-state index in [1.165, 1.54) is 6.92 Å². The van der Waals surface area contributed by atoms with Crippen molar-refractivity contribution in [2.75, 3.05) is 0 Å². The van der Waals surface area contributed by atoms with E-state index in [2.05, 4.69) is 4.99 Å². The highest BCUT2D eigenvalue weighted by atomic mass is 16.6. The maximum absolute atomic E-state index is 12.1. The summed E-state index contributed by atoms with van der Waals surface area (Å²) in [4.78, 5) is 27.5. The van der Waals surface area contributed by atoms with Crippen molar-refractivity contribution >= 4 is 23.9 Å². The molecule has 1 aliphatic heterocycles. The Hall–Kier alpha value is -3.21. The maximum Gasteiger partial charge on any atom is 0.363 e. The topological polar surface area (TPSA) is 65.0 Å². The second kappa shape index (κ2) is 6.73. The molecule has 0 spiro atoms. The minimum atomic E-state index is -0.488. The predicted octanol–water partition coefficient (Wildman–Crippen LogP) is 3.57. The summed E-state index contributed by atoms with van der Waals surface area (Å²) in [6, 6.07) is 12.9. The molecule has 2 aromatic rings. The molecule has 0 fully saturated rings. The lowest BCUT2D eigenvalue weighted by Gasteiger charge is -2.10. The van der Waals surface area contributed by atoms with Gasteiger partial charge in [0.25, 0.3) is 0 Å². The van der Waals surface area contributed by atoms with E-state index >= 15 is 0 Å². The van der Waals surface area contributed by atoms with Crippen LogP contribution in [-0.4, -0.2) is 17.8 Å². The summed E-state index contributed by atoms with van der Waals surface area (Å²) in [5.41, 5.74) is 3.38. The second-order valence-corrected chi connectivity index (χ2v) is 5.78. The van der Waals surface area contributed by atoms with Crippen LogP contribution >= 0.6 is 0 Å². The largest absolute Gasteiger partial charge is 0.426 e. The molecule has 0 unspecified atom stereocenters. The first kappa shape index (κ1) is 16.6. The van der Waals surface area contributed by atoms with Gasteiger partial charge in [0.05, 0.1) is 0 Å². The Bertz CT molecular complexity index is 888. The standard InChI is InChI=1S/C20H17NO4/c1-12-9-15(10-13(2)18(12)24-14(3)22)11-17-20(23)25-19(21-17)16-7-5-4-6-8-16/h4-11H,1-3H3/b17-11-. The summed E-state index contributed by atoms with van der Waals surface area (Å²) < 4.78 is 10.5. The van der Waals surface area contributed by atoms with Crippen molar-refractivity contribution in [1.82, 2.24) is 0 Å². The molecule has 0 radical (unpaired) electrons. The molecule has 0 N–H and O–H groups in total. The summed E-state index contributed by atoms with van der Waals surface area (Å²) in [7, 11) is 0. The third-order valence-corrected chi connectivity index (χ3v) is 3.67. The van der Waals surface area contributed by atoms with Gasteiger partial charge in [0.15, 0.2) is 5.70 Å². The van der Waals surface area contributed by atoms with Crippen LogP contribution < -0.4 is 4.74 Å². The van der Waals surface area contributed by atoms with Gasteiger partial charge >= 0.3 is 11.9 Å². The number of nitrogens with zero attached hydrogens (tertiary/aromatic N) is 1. The number of carbonyl (C=O) groups excluding carboxylic acids is 2. The molecule has 0 bridgehead atoms. The summed E-state index contributed by atoms with van der Waals surface area (Å²) in [5, 5.41) is 0. The number of cyclic esters (lactones) is 1. The number of hydrogen-bond donors (Lipinski definition) is 0. The predicted molar refractivity (Wildman–Crippen MR) is 94.3 cm³/mol. The molecule has 1 aliphatic rings. The smallest absolute Gasteiger partial charge is 0.363 e. The van der Waals surface area contributed by atoms with Crippen molar-refractivity contribution in [3.8, 4) is 5.75 Å². The number of hydrogen-bond acceptors (Lipinski definition) is 5. The average molecular weight is 335 g/mol. The van der Waals surface area contributed by atoms with Crippen LogP contribution in [0.15, 0.2) is 53.2 Å². The average Bonchev–Trinajstić information content (AvgIpc) is 2.92.